The molecule has 0 aliphatic carbocycles. The van der Waals surface area contributed by atoms with Crippen molar-refractivity contribution in [3.05, 3.63) is 10.6 Å². The molecule has 0 aromatic carbocycles. The number of likely N-dealkylation sites (tertiary alicyclic amines) is 1. The number of aliphatic hydroxyl groups is 1. The van der Waals surface area contributed by atoms with Crippen molar-refractivity contribution in [3.8, 4) is 0 Å². The van der Waals surface area contributed by atoms with Crippen LogP contribution in [0.2, 0.25) is 0 Å². The average Bonchev–Trinajstić information content (AvgIpc) is 2.77. The highest BCUT2D eigenvalue weighted by molar-refractivity contribution is 7.08. The van der Waals surface area contributed by atoms with Crippen molar-refractivity contribution >= 4 is 17.4 Å². The molecule has 94 valence electrons. The minimum atomic E-state index is -0.393. The van der Waals surface area contributed by atoms with Gasteiger partial charge in [0, 0.05) is 13.1 Å². The normalized spacial score (nSPS) is 20.9. The Labute approximate surface area is 105 Å². The summed E-state index contributed by atoms with van der Waals surface area (Å²) in [5.41, 5.74) is 0.764. The molecule has 1 amide bonds. The van der Waals surface area contributed by atoms with Gasteiger partial charge >= 0.3 is 0 Å². The van der Waals surface area contributed by atoms with Gasteiger partial charge < -0.3 is 10.0 Å². The number of β-amino-alcohol motifs (C(OH)–C–C–N with tert-alkyl or cyclic N) is 1. The molecule has 2 heterocycles. The monoisotopic (exact) mass is 255 g/mol. The van der Waals surface area contributed by atoms with E-state index in [1.807, 2.05) is 13.8 Å². The van der Waals surface area contributed by atoms with Crippen LogP contribution in [-0.2, 0) is 0 Å². The molecule has 0 spiro atoms. The molecule has 1 aromatic rings. The van der Waals surface area contributed by atoms with Gasteiger partial charge in [-0.1, -0.05) is 18.3 Å². The van der Waals surface area contributed by atoms with E-state index in [1.165, 1.54) is 0 Å². The van der Waals surface area contributed by atoms with Gasteiger partial charge in [-0.3, -0.25) is 4.79 Å². The van der Waals surface area contributed by atoms with Crippen LogP contribution in [0.4, 0.5) is 0 Å². The number of aliphatic hydroxyl groups excluding tert-OH is 1. The van der Waals surface area contributed by atoms with E-state index in [9.17, 15) is 9.90 Å². The van der Waals surface area contributed by atoms with Gasteiger partial charge in [-0.05, 0) is 30.3 Å². The third kappa shape index (κ3) is 2.63. The van der Waals surface area contributed by atoms with Gasteiger partial charge in [0.2, 0.25) is 0 Å². The lowest BCUT2D eigenvalue weighted by molar-refractivity contribution is 0.0476. The number of hydrogen-bond acceptors (Lipinski definition) is 5. The SMILES string of the molecule is CC(C)c1nnsc1C(=O)N1CCC[C@H](O)C1. The molecule has 1 atom stereocenters. The summed E-state index contributed by atoms with van der Waals surface area (Å²) in [6.45, 7) is 5.14. The molecule has 5 nitrogen and oxygen atoms in total. The lowest BCUT2D eigenvalue weighted by Gasteiger charge is -2.29. The third-order valence-corrected chi connectivity index (χ3v) is 3.67. The van der Waals surface area contributed by atoms with E-state index in [0.29, 0.717) is 18.0 Å². The van der Waals surface area contributed by atoms with Crippen LogP contribution in [0.5, 0.6) is 0 Å². The van der Waals surface area contributed by atoms with E-state index in [0.717, 1.165) is 30.1 Å². The summed E-state index contributed by atoms with van der Waals surface area (Å²) < 4.78 is 3.86. The fourth-order valence-corrected chi connectivity index (χ4v) is 2.79. The Balaban J connectivity index is 2.16. The second kappa shape index (κ2) is 5.10. The number of carbonyl (C=O) groups is 1. The van der Waals surface area contributed by atoms with Crippen LogP contribution in [0, 0.1) is 0 Å². The van der Waals surface area contributed by atoms with E-state index >= 15 is 0 Å². The summed E-state index contributed by atoms with van der Waals surface area (Å²) in [5.74, 6) is 0.157. The maximum absolute atomic E-state index is 12.3. The Morgan fingerprint density at radius 1 is 1.59 bits per heavy atom. The molecule has 1 N–H and O–H groups in total. The largest absolute Gasteiger partial charge is 0.391 e. The van der Waals surface area contributed by atoms with Crippen molar-refractivity contribution in [2.24, 2.45) is 0 Å². The zero-order chi connectivity index (χ0) is 12.4. The Bertz CT molecular complexity index is 405. The van der Waals surface area contributed by atoms with Crippen molar-refractivity contribution in [3.63, 3.8) is 0 Å². The van der Waals surface area contributed by atoms with Crippen molar-refractivity contribution in [1.29, 1.82) is 0 Å². The number of carbonyl (C=O) groups excluding carboxylic acids is 1. The summed E-state index contributed by atoms with van der Waals surface area (Å²) in [7, 11) is 0. The summed E-state index contributed by atoms with van der Waals surface area (Å²) in [6.07, 6.45) is 1.24. The Hall–Kier alpha value is -1.01. The summed E-state index contributed by atoms with van der Waals surface area (Å²) in [4.78, 5) is 14.6. The Morgan fingerprint density at radius 3 is 3.00 bits per heavy atom. The molecule has 0 radical (unpaired) electrons. The number of piperidine rings is 1. The predicted molar refractivity (Wildman–Crippen MR) is 65.1 cm³/mol. The second-order valence-electron chi connectivity index (χ2n) is 4.69. The van der Waals surface area contributed by atoms with Crippen molar-refractivity contribution in [1.82, 2.24) is 14.5 Å². The molecule has 1 aromatic heterocycles. The van der Waals surface area contributed by atoms with Gasteiger partial charge in [-0.25, -0.2) is 0 Å². The van der Waals surface area contributed by atoms with Crippen LogP contribution >= 0.6 is 11.5 Å². The summed E-state index contributed by atoms with van der Waals surface area (Å²) >= 11 is 1.15. The molecule has 1 aliphatic rings. The molecular weight excluding hydrogens is 238 g/mol. The minimum Gasteiger partial charge on any atom is -0.391 e. The Morgan fingerprint density at radius 2 is 2.35 bits per heavy atom. The van der Waals surface area contributed by atoms with Crippen LogP contribution in [-0.4, -0.2) is 44.7 Å². The van der Waals surface area contributed by atoms with Crippen LogP contribution in [0.25, 0.3) is 0 Å². The predicted octanol–water partition coefficient (Wildman–Crippen LogP) is 1.26. The third-order valence-electron chi connectivity index (χ3n) is 2.94. The number of amides is 1. The maximum Gasteiger partial charge on any atom is 0.267 e. The Kier molecular flexibility index (Phi) is 3.73. The summed E-state index contributed by atoms with van der Waals surface area (Å²) in [5, 5.41) is 13.6. The van der Waals surface area contributed by atoms with E-state index in [1.54, 1.807) is 4.90 Å². The average molecular weight is 255 g/mol. The number of aromatic nitrogens is 2. The molecule has 6 heteroatoms. The number of hydrogen-bond donors (Lipinski definition) is 1. The fraction of sp³-hybridized carbons (Fsp3) is 0.727. The number of rotatable bonds is 2. The topological polar surface area (TPSA) is 66.3 Å². The zero-order valence-corrected chi connectivity index (χ0v) is 10.9. The fourth-order valence-electron chi connectivity index (χ4n) is 2.01. The lowest BCUT2D eigenvalue weighted by Crippen LogP contribution is -2.42. The van der Waals surface area contributed by atoms with Crippen LogP contribution in [0.15, 0.2) is 0 Å². The lowest BCUT2D eigenvalue weighted by atomic mass is 10.1. The summed E-state index contributed by atoms with van der Waals surface area (Å²) in [6, 6.07) is 0. The minimum absolute atomic E-state index is 0.0394. The first-order valence-corrected chi connectivity index (χ1v) is 6.66. The highest BCUT2D eigenvalue weighted by atomic mass is 32.1. The molecule has 17 heavy (non-hydrogen) atoms. The van der Waals surface area contributed by atoms with Crippen molar-refractivity contribution in [2.75, 3.05) is 13.1 Å². The molecular formula is C11H17N3O2S. The van der Waals surface area contributed by atoms with Gasteiger partial charge in [-0.15, -0.1) is 5.10 Å². The highest BCUT2D eigenvalue weighted by Crippen LogP contribution is 2.23. The van der Waals surface area contributed by atoms with Gasteiger partial charge in [0.05, 0.1) is 11.8 Å². The van der Waals surface area contributed by atoms with Crippen LogP contribution in [0.3, 0.4) is 0 Å². The highest BCUT2D eigenvalue weighted by Gasteiger charge is 2.27. The van der Waals surface area contributed by atoms with Crippen LogP contribution < -0.4 is 0 Å². The first-order valence-electron chi connectivity index (χ1n) is 5.89. The molecule has 1 saturated heterocycles. The van der Waals surface area contributed by atoms with Crippen LogP contribution in [0.1, 0.15) is 48.0 Å². The second-order valence-corrected chi connectivity index (χ2v) is 5.44. The van der Waals surface area contributed by atoms with Gasteiger partial charge in [-0.2, -0.15) is 0 Å². The van der Waals surface area contributed by atoms with Gasteiger partial charge in [0.15, 0.2) is 0 Å². The van der Waals surface area contributed by atoms with E-state index in [4.69, 9.17) is 0 Å². The van der Waals surface area contributed by atoms with E-state index < -0.39 is 6.10 Å². The van der Waals surface area contributed by atoms with Gasteiger partial charge in [0.1, 0.15) is 4.88 Å². The smallest absolute Gasteiger partial charge is 0.267 e. The number of nitrogens with zero attached hydrogens (tertiary/aromatic N) is 3. The van der Waals surface area contributed by atoms with E-state index in [2.05, 4.69) is 9.59 Å². The standard InChI is InChI=1S/C11H17N3O2S/c1-7(2)9-10(17-13-12-9)11(16)14-5-3-4-8(15)6-14/h7-8,15H,3-6H2,1-2H3/t8-/m0/s1. The van der Waals surface area contributed by atoms with Gasteiger partial charge in [0.25, 0.3) is 5.91 Å². The quantitative estimate of drug-likeness (QED) is 0.864. The molecule has 1 fully saturated rings. The molecule has 2 rings (SSSR count). The van der Waals surface area contributed by atoms with Crippen molar-refractivity contribution in [2.45, 2.75) is 38.7 Å². The van der Waals surface area contributed by atoms with Crippen molar-refractivity contribution < 1.29 is 9.90 Å². The maximum atomic E-state index is 12.3. The molecule has 1 aliphatic heterocycles. The first kappa shape index (κ1) is 12.4. The molecule has 0 saturated carbocycles. The molecule has 0 unspecified atom stereocenters. The first-order chi connectivity index (χ1) is 8.09. The van der Waals surface area contributed by atoms with E-state index in [-0.39, 0.29) is 11.8 Å². The zero-order valence-electron chi connectivity index (χ0n) is 10.1. The molecule has 0 bridgehead atoms.